The predicted molar refractivity (Wildman–Crippen MR) is 119 cm³/mol. The molecule has 3 aromatic rings. The number of benzene rings is 3. The Morgan fingerprint density at radius 3 is 1.79 bits per heavy atom. The number of amides is 1. The summed E-state index contributed by atoms with van der Waals surface area (Å²) in [6, 6.07) is 31.5. The summed E-state index contributed by atoms with van der Waals surface area (Å²) in [5, 5.41) is 6.18. The highest BCUT2D eigenvalue weighted by molar-refractivity contribution is 7.73. The molecule has 2 nitrogen and oxygen atoms in total. The molecule has 3 heteroatoms. The molecule has 1 fully saturated rings. The van der Waals surface area contributed by atoms with Crippen LogP contribution in [0.4, 0.5) is 0 Å². The van der Waals surface area contributed by atoms with Crippen LogP contribution in [0, 0.1) is 0 Å². The van der Waals surface area contributed by atoms with E-state index < -0.39 is 7.92 Å². The molecule has 1 aliphatic rings. The average Bonchev–Trinajstić information content (AvgIpc) is 2.77. The molecule has 142 valence electrons. The van der Waals surface area contributed by atoms with E-state index in [0.29, 0.717) is 5.66 Å². The third kappa shape index (κ3) is 4.34. The Morgan fingerprint density at radius 2 is 1.21 bits per heavy atom. The van der Waals surface area contributed by atoms with E-state index in [1.807, 2.05) is 30.3 Å². The van der Waals surface area contributed by atoms with E-state index in [4.69, 9.17) is 0 Å². The molecule has 1 saturated carbocycles. The molecule has 0 unspecified atom stereocenters. The standard InChI is InChI=1S/C25H26NOP/c27-25(20-12-4-1-5-13-20)26-23-18-10-11-19-24(23)28(21-14-6-2-7-15-21)22-16-8-3-9-17-22/h1-9,12-17,23-24H,10-11,18-19H2,(H,26,27)/t23-,24-/m1/s1. The second-order valence-electron chi connectivity index (χ2n) is 7.34. The van der Waals surface area contributed by atoms with Crippen molar-refractivity contribution in [1.29, 1.82) is 0 Å². The van der Waals surface area contributed by atoms with Crippen molar-refractivity contribution in [3.63, 3.8) is 0 Å². The van der Waals surface area contributed by atoms with Crippen LogP contribution in [0.15, 0.2) is 91.0 Å². The SMILES string of the molecule is O=C(N[C@@H]1CCCC[C@H]1P(c1ccccc1)c1ccccc1)c1ccccc1. The van der Waals surface area contributed by atoms with Gasteiger partial charge in [0, 0.05) is 17.3 Å². The van der Waals surface area contributed by atoms with Gasteiger partial charge in [0.2, 0.25) is 0 Å². The van der Waals surface area contributed by atoms with Gasteiger partial charge in [-0.05, 0) is 43.5 Å². The Hall–Kier alpha value is -2.44. The zero-order valence-corrected chi connectivity index (χ0v) is 16.9. The Balaban J connectivity index is 1.64. The number of nitrogens with one attached hydrogen (secondary N) is 1. The van der Waals surface area contributed by atoms with Gasteiger partial charge in [0.25, 0.3) is 5.91 Å². The molecular formula is C25H26NOP. The summed E-state index contributed by atoms with van der Waals surface area (Å²) in [7, 11) is -0.523. The molecule has 0 heterocycles. The van der Waals surface area contributed by atoms with Crippen LogP contribution in [-0.4, -0.2) is 17.6 Å². The Bertz CT molecular complexity index is 843. The minimum absolute atomic E-state index is 0.0496. The minimum atomic E-state index is -0.523. The normalized spacial score (nSPS) is 19.3. The smallest absolute Gasteiger partial charge is 0.251 e. The quantitative estimate of drug-likeness (QED) is 0.623. The van der Waals surface area contributed by atoms with Gasteiger partial charge in [0.1, 0.15) is 0 Å². The molecule has 28 heavy (non-hydrogen) atoms. The first-order chi connectivity index (χ1) is 13.8. The van der Waals surface area contributed by atoms with Crippen LogP contribution in [0.5, 0.6) is 0 Å². The molecule has 0 spiro atoms. The molecule has 0 radical (unpaired) electrons. The highest BCUT2D eigenvalue weighted by Crippen LogP contribution is 2.46. The first-order valence-corrected chi connectivity index (χ1v) is 11.5. The van der Waals surface area contributed by atoms with E-state index in [1.54, 1.807) is 0 Å². The maximum atomic E-state index is 12.9. The Labute approximate surface area is 168 Å². The monoisotopic (exact) mass is 387 g/mol. The number of hydrogen-bond acceptors (Lipinski definition) is 1. The maximum absolute atomic E-state index is 12.9. The van der Waals surface area contributed by atoms with E-state index in [0.717, 1.165) is 18.4 Å². The van der Waals surface area contributed by atoms with Crippen LogP contribution in [-0.2, 0) is 0 Å². The second-order valence-corrected chi connectivity index (χ2v) is 9.77. The van der Waals surface area contributed by atoms with Crippen LogP contribution in [0.2, 0.25) is 0 Å². The summed E-state index contributed by atoms with van der Waals surface area (Å²) in [5.41, 5.74) is 1.21. The molecule has 1 amide bonds. The summed E-state index contributed by atoms with van der Waals surface area (Å²) in [6.45, 7) is 0. The van der Waals surface area contributed by atoms with Crippen molar-refractivity contribution < 1.29 is 4.79 Å². The summed E-state index contributed by atoms with van der Waals surface area (Å²) in [6.07, 6.45) is 4.64. The van der Waals surface area contributed by atoms with E-state index >= 15 is 0 Å². The molecule has 0 saturated heterocycles. The van der Waals surface area contributed by atoms with Crippen molar-refractivity contribution in [2.24, 2.45) is 0 Å². The van der Waals surface area contributed by atoms with Crippen molar-refractivity contribution >= 4 is 24.4 Å². The summed E-state index contributed by atoms with van der Waals surface area (Å²) < 4.78 is 0. The lowest BCUT2D eigenvalue weighted by atomic mass is 9.94. The lowest BCUT2D eigenvalue weighted by Crippen LogP contribution is -2.46. The van der Waals surface area contributed by atoms with Crippen molar-refractivity contribution in [1.82, 2.24) is 5.32 Å². The van der Waals surface area contributed by atoms with Crippen LogP contribution in [0.1, 0.15) is 36.0 Å². The van der Waals surface area contributed by atoms with E-state index in [2.05, 4.69) is 66.0 Å². The van der Waals surface area contributed by atoms with Crippen molar-refractivity contribution in [3.05, 3.63) is 96.6 Å². The maximum Gasteiger partial charge on any atom is 0.251 e. The lowest BCUT2D eigenvalue weighted by molar-refractivity contribution is 0.0929. The van der Waals surface area contributed by atoms with Crippen LogP contribution in [0.25, 0.3) is 0 Å². The molecule has 0 aromatic heterocycles. The number of rotatable bonds is 5. The fraction of sp³-hybridized carbons (Fsp3) is 0.240. The third-order valence-electron chi connectivity index (χ3n) is 5.48. The van der Waals surface area contributed by atoms with Gasteiger partial charge in [-0.15, -0.1) is 0 Å². The van der Waals surface area contributed by atoms with Crippen LogP contribution in [0.3, 0.4) is 0 Å². The minimum Gasteiger partial charge on any atom is -0.349 e. The predicted octanol–water partition coefficient (Wildman–Crippen LogP) is 4.86. The molecule has 1 aliphatic carbocycles. The fourth-order valence-corrected chi connectivity index (χ4v) is 7.21. The first-order valence-electron chi connectivity index (χ1n) is 10.1. The van der Waals surface area contributed by atoms with Crippen LogP contribution >= 0.6 is 7.92 Å². The van der Waals surface area contributed by atoms with E-state index in [1.165, 1.54) is 23.5 Å². The van der Waals surface area contributed by atoms with Crippen molar-refractivity contribution in [3.8, 4) is 0 Å². The highest BCUT2D eigenvalue weighted by atomic mass is 31.1. The van der Waals surface area contributed by atoms with Crippen molar-refractivity contribution in [2.75, 3.05) is 0 Å². The Kier molecular flexibility index (Phi) is 6.19. The number of carbonyl (C=O) groups excluding carboxylic acids is 1. The molecular weight excluding hydrogens is 361 g/mol. The second kappa shape index (κ2) is 9.17. The summed E-state index contributed by atoms with van der Waals surface area (Å²) in [5.74, 6) is 0.0496. The molecule has 2 atom stereocenters. The van der Waals surface area contributed by atoms with Gasteiger partial charge in [-0.3, -0.25) is 4.79 Å². The van der Waals surface area contributed by atoms with Gasteiger partial charge in [0.15, 0.2) is 0 Å². The molecule has 3 aromatic carbocycles. The zero-order chi connectivity index (χ0) is 19.2. The van der Waals surface area contributed by atoms with Gasteiger partial charge in [0.05, 0.1) is 0 Å². The number of hydrogen-bond donors (Lipinski definition) is 1. The van der Waals surface area contributed by atoms with Gasteiger partial charge in [-0.2, -0.15) is 0 Å². The zero-order valence-electron chi connectivity index (χ0n) is 16.0. The van der Waals surface area contributed by atoms with Gasteiger partial charge >= 0.3 is 0 Å². The van der Waals surface area contributed by atoms with Gasteiger partial charge < -0.3 is 5.32 Å². The van der Waals surface area contributed by atoms with E-state index in [9.17, 15) is 4.79 Å². The average molecular weight is 387 g/mol. The molecule has 4 rings (SSSR count). The van der Waals surface area contributed by atoms with E-state index in [-0.39, 0.29) is 11.9 Å². The van der Waals surface area contributed by atoms with Gasteiger partial charge in [-0.1, -0.05) is 91.7 Å². The largest absolute Gasteiger partial charge is 0.349 e. The lowest BCUT2D eigenvalue weighted by Gasteiger charge is -2.38. The summed E-state index contributed by atoms with van der Waals surface area (Å²) in [4.78, 5) is 12.9. The summed E-state index contributed by atoms with van der Waals surface area (Å²) >= 11 is 0. The highest BCUT2D eigenvalue weighted by Gasteiger charge is 2.34. The topological polar surface area (TPSA) is 29.1 Å². The molecule has 0 aliphatic heterocycles. The van der Waals surface area contributed by atoms with Crippen molar-refractivity contribution in [2.45, 2.75) is 37.4 Å². The Morgan fingerprint density at radius 1 is 0.714 bits per heavy atom. The van der Waals surface area contributed by atoms with Gasteiger partial charge in [-0.25, -0.2) is 0 Å². The molecule has 1 N–H and O–H groups in total. The number of carbonyl (C=O) groups is 1. The molecule has 0 bridgehead atoms. The first kappa shape index (κ1) is 18.9. The fourth-order valence-electron chi connectivity index (χ4n) is 4.14. The third-order valence-corrected chi connectivity index (χ3v) is 8.47. The van der Waals surface area contributed by atoms with Crippen LogP contribution < -0.4 is 15.9 Å².